The Hall–Kier alpha value is -1.33. The number of hydrogen-bond donors (Lipinski definition) is 1. The number of pyridine rings is 1. The Balaban J connectivity index is 1.98. The zero-order chi connectivity index (χ0) is 11.8. The summed E-state index contributed by atoms with van der Waals surface area (Å²) >= 11 is 5.93. The second-order valence-corrected chi connectivity index (χ2v) is 4.60. The smallest absolute Gasteiger partial charge is 0.246 e. The monoisotopic (exact) mass is 251 g/mol. The predicted octanol–water partition coefficient (Wildman–Crippen LogP) is 1.18. The predicted molar refractivity (Wildman–Crippen MR) is 67.7 cm³/mol. The fourth-order valence-corrected chi connectivity index (χ4v) is 2.18. The quantitative estimate of drug-likeness (QED) is 0.890. The van der Waals surface area contributed by atoms with Crippen LogP contribution in [0.15, 0.2) is 18.3 Å². The third-order valence-electron chi connectivity index (χ3n) is 3.08. The Kier molecular flexibility index (Phi) is 2.64. The van der Waals surface area contributed by atoms with Crippen molar-refractivity contribution >= 4 is 23.2 Å². The molecule has 2 aromatic rings. The number of nitrogens with one attached hydrogen (secondary N) is 1. The van der Waals surface area contributed by atoms with Crippen molar-refractivity contribution in [3.63, 3.8) is 0 Å². The van der Waals surface area contributed by atoms with Gasteiger partial charge in [-0.25, -0.2) is 4.52 Å². The number of likely N-dealkylation sites (N-methyl/N-ethyl adjacent to an activating group) is 1. The van der Waals surface area contributed by atoms with Crippen LogP contribution < -0.4 is 10.2 Å². The van der Waals surface area contributed by atoms with E-state index in [1.165, 1.54) is 0 Å². The molecule has 1 aliphatic heterocycles. The van der Waals surface area contributed by atoms with E-state index in [9.17, 15) is 0 Å². The SMILES string of the molecule is CCN(c1nc2ccc(Cl)cn2n1)C1CNC1. The normalized spacial score (nSPS) is 16.1. The summed E-state index contributed by atoms with van der Waals surface area (Å²) in [6.07, 6.45) is 1.78. The van der Waals surface area contributed by atoms with Gasteiger partial charge in [-0.15, -0.1) is 5.10 Å². The minimum absolute atomic E-state index is 0.507. The van der Waals surface area contributed by atoms with Gasteiger partial charge in [0.2, 0.25) is 5.95 Å². The van der Waals surface area contributed by atoms with Crippen molar-refractivity contribution in [1.29, 1.82) is 0 Å². The van der Waals surface area contributed by atoms with Crippen LogP contribution in [0.5, 0.6) is 0 Å². The van der Waals surface area contributed by atoms with Crippen molar-refractivity contribution in [3.05, 3.63) is 23.4 Å². The highest BCUT2D eigenvalue weighted by molar-refractivity contribution is 6.30. The third-order valence-corrected chi connectivity index (χ3v) is 3.31. The summed E-state index contributed by atoms with van der Waals surface area (Å²) < 4.78 is 1.73. The average Bonchev–Trinajstić information content (AvgIpc) is 2.65. The molecular weight excluding hydrogens is 238 g/mol. The summed E-state index contributed by atoms with van der Waals surface area (Å²) in [5, 5.41) is 8.40. The van der Waals surface area contributed by atoms with Gasteiger partial charge in [-0.1, -0.05) is 11.6 Å². The zero-order valence-corrected chi connectivity index (χ0v) is 10.4. The lowest BCUT2D eigenvalue weighted by Crippen LogP contribution is -2.57. The molecule has 0 atom stereocenters. The van der Waals surface area contributed by atoms with Crippen molar-refractivity contribution < 1.29 is 0 Å². The van der Waals surface area contributed by atoms with Crippen molar-refractivity contribution in [2.24, 2.45) is 0 Å². The van der Waals surface area contributed by atoms with Crippen LogP contribution in [0, 0.1) is 0 Å². The molecule has 2 aromatic heterocycles. The Labute approximate surface area is 104 Å². The maximum atomic E-state index is 5.93. The minimum Gasteiger partial charge on any atom is -0.334 e. The number of nitrogens with zero attached hydrogens (tertiary/aromatic N) is 4. The van der Waals surface area contributed by atoms with Crippen LogP contribution in [0.1, 0.15) is 6.92 Å². The molecule has 1 fully saturated rings. The van der Waals surface area contributed by atoms with Gasteiger partial charge in [-0.3, -0.25) is 0 Å². The molecule has 0 unspecified atom stereocenters. The third kappa shape index (κ3) is 1.85. The molecule has 0 spiro atoms. The van der Waals surface area contributed by atoms with Crippen molar-refractivity contribution in [2.75, 3.05) is 24.5 Å². The molecule has 0 aromatic carbocycles. The molecule has 0 aliphatic carbocycles. The molecule has 0 radical (unpaired) electrons. The minimum atomic E-state index is 0.507. The van der Waals surface area contributed by atoms with E-state index >= 15 is 0 Å². The first-order valence-electron chi connectivity index (χ1n) is 5.77. The number of fused-ring (bicyclic) bond motifs is 1. The van der Waals surface area contributed by atoms with Gasteiger partial charge in [0.1, 0.15) is 0 Å². The van der Waals surface area contributed by atoms with Crippen LogP contribution in [0.4, 0.5) is 5.95 Å². The van der Waals surface area contributed by atoms with Gasteiger partial charge >= 0.3 is 0 Å². The van der Waals surface area contributed by atoms with Gasteiger partial charge in [0.25, 0.3) is 0 Å². The van der Waals surface area contributed by atoms with E-state index in [1.54, 1.807) is 10.7 Å². The van der Waals surface area contributed by atoms with E-state index in [4.69, 9.17) is 11.6 Å². The highest BCUT2D eigenvalue weighted by atomic mass is 35.5. The van der Waals surface area contributed by atoms with Crippen LogP contribution in [0.25, 0.3) is 5.65 Å². The number of aromatic nitrogens is 3. The molecule has 1 aliphatic rings. The molecule has 0 saturated carbocycles. The van der Waals surface area contributed by atoms with Crippen LogP contribution in [-0.2, 0) is 0 Å². The van der Waals surface area contributed by atoms with Crippen LogP contribution >= 0.6 is 11.6 Å². The first-order chi connectivity index (χ1) is 8.28. The van der Waals surface area contributed by atoms with Gasteiger partial charge in [0.05, 0.1) is 11.1 Å². The first-order valence-corrected chi connectivity index (χ1v) is 6.15. The van der Waals surface area contributed by atoms with Crippen LogP contribution in [-0.4, -0.2) is 40.3 Å². The van der Waals surface area contributed by atoms with E-state index < -0.39 is 0 Å². The Morgan fingerprint density at radius 1 is 1.53 bits per heavy atom. The molecule has 17 heavy (non-hydrogen) atoms. The number of halogens is 1. The number of anilines is 1. The van der Waals surface area contributed by atoms with Gasteiger partial charge in [-0.05, 0) is 19.1 Å². The molecule has 6 heteroatoms. The van der Waals surface area contributed by atoms with Gasteiger partial charge in [0, 0.05) is 25.8 Å². The maximum absolute atomic E-state index is 5.93. The van der Waals surface area contributed by atoms with Crippen LogP contribution in [0.3, 0.4) is 0 Å². The molecule has 0 amide bonds. The van der Waals surface area contributed by atoms with Crippen LogP contribution in [0.2, 0.25) is 5.02 Å². The summed E-state index contributed by atoms with van der Waals surface area (Å²) in [7, 11) is 0. The highest BCUT2D eigenvalue weighted by Gasteiger charge is 2.26. The molecule has 0 bridgehead atoms. The van der Waals surface area contributed by atoms with E-state index in [0.717, 1.165) is 31.2 Å². The molecule has 1 N–H and O–H groups in total. The summed E-state index contributed by atoms with van der Waals surface area (Å²) in [6, 6.07) is 4.22. The summed E-state index contributed by atoms with van der Waals surface area (Å²) in [4.78, 5) is 6.74. The second kappa shape index (κ2) is 4.16. The zero-order valence-electron chi connectivity index (χ0n) is 9.60. The van der Waals surface area contributed by atoms with E-state index in [1.807, 2.05) is 12.1 Å². The van der Waals surface area contributed by atoms with Gasteiger partial charge in [-0.2, -0.15) is 4.98 Å². The average molecular weight is 252 g/mol. The van der Waals surface area contributed by atoms with Crippen molar-refractivity contribution in [1.82, 2.24) is 19.9 Å². The summed E-state index contributed by atoms with van der Waals surface area (Å²) in [5.41, 5.74) is 0.829. The highest BCUT2D eigenvalue weighted by Crippen LogP contribution is 2.17. The largest absolute Gasteiger partial charge is 0.334 e. The standard InChI is InChI=1S/C11H14ClN5/c1-2-16(9-5-13-6-9)11-14-10-4-3-8(12)7-17(10)15-11/h3-4,7,9,13H,2,5-6H2,1H3. The molecule has 90 valence electrons. The number of rotatable bonds is 3. The first kappa shape index (κ1) is 10.8. The molecule has 5 nitrogen and oxygen atoms in total. The molecule has 3 rings (SSSR count). The lowest BCUT2D eigenvalue weighted by molar-refractivity contribution is 0.413. The summed E-state index contributed by atoms with van der Waals surface area (Å²) in [5.74, 6) is 0.779. The maximum Gasteiger partial charge on any atom is 0.246 e. The molecule has 1 saturated heterocycles. The summed E-state index contributed by atoms with van der Waals surface area (Å²) in [6.45, 7) is 5.04. The lowest BCUT2D eigenvalue weighted by atomic mass is 10.1. The molecular formula is C11H14ClN5. The Morgan fingerprint density at radius 2 is 2.35 bits per heavy atom. The fourth-order valence-electron chi connectivity index (χ4n) is 2.02. The Bertz CT molecular complexity index is 534. The van der Waals surface area contributed by atoms with E-state index in [-0.39, 0.29) is 0 Å². The van der Waals surface area contributed by atoms with Gasteiger partial charge < -0.3 is 10.2 Å². The topological polar surface area (TPSA) is 45.5 Å². The number of hydrogen-bond acceptors (Lipinski definition) is 4. The second-order valence-electron chi connectivity index (χ2n) is 4.16. The molecule has 3 heterocycles. The Morgan fingerprint density at radius 3 is 3.00 bits per heavy atom. The van der Waals surface area contributed by atoms with Crippen molar-refractivity contribution in [2.45, 2.75) is 13.0 Å². The van der Waals surface area contributed by atoms with Crippen molar-refractivity contribution in [3.8, 4) is 0 Å². The van der Waals surface area contributed by atoms with E-state index in [2.05, 4.69) is 27.2 Å². The van der Waals surface area contributed by atoms with Gasteiger partial charge in [0.15, 0.2) is 5.65 Å². The van der Waals surface area contributed by atoms with E-state index in [0.29, 0.717) is 11.1 Å². The fraction of sp³-hybridized carbons (Fsp3) is 0.455. The lowest BCUT2D eigenvalue weighted by Gasteiger charge is -2.36.